The number of carboxylic acid groups (broad SMARTS) is 1. The smallest absolute Gasteiger partial charge is 0.303 e. The summed E-state index contributed by atoms with van der Waals surface area (Å²) < 4.78 is 0. The van der Waals surface area contributed by atoms with E-state index < -0.39 is 5.97 Å². The summed E-state index contributed by atoms with van der Waals surface area (Å²) in [5, 5.41) is 8.85. The van der Waals surface area contributed by atoms with Crippen LogP contribution in [0, 0.1) is 11.8 Å². The van der Waals surface area contributed by atoms with Crippen molar-refractivity contribution in [3.8, 4) is 0 Å². The lowest BCUT2D eigenvalue weighted by molar-refractivity contribution is -0.138. The molecule has 0 aromatic rings. The van der Waals surface area contributed by atoms with Crippen LogP contribution in [0.25, 0.3) is 0 Å². The Morgan fingerprint density at radius 2 is 2.11 bits per heavy atom. The molecule has 0 bridgehead atoms. The van der Waals surface area contributed by atoms with E-state index in [9.17, 15) is 9.59 Å². The number of nitrogens with zero attached hydrogens (tertiary/aromatic N) is 2. The fraction of sp³-hybridized carbons (Fsp3) is 0.857. The molecule has 2 unspecified atom stereocenters. The van der Waals surface area contributed by atoms with Crippen molar-refractivity contribution in [1.29, 1.82) is 0 Å². The van der Waals surface area contributed by atoms with Gasteiger partial charge in [-0.3, -0.25) is 9.59 Å². The minimum Gasteiger partial charge on any atom is -0.481 e. The largest absolute Gasteiger partial charge is 0.481 e. The van der Waals surface area contributed by atoms with Crippen LogP contribution in [0.4, 0.5) is 0 Å². The van der Waals surface area contributed by atoms with Crippen molar-refractivity contribution in [2.45, 2.75) is 32.6 Å². The quantitative estimate of drug-likeness (QED) is 0.790. The van der Waals surface area contributed by atoms with Crippen LogP contribution < -0.4 is 0 Å². The van der Waals surface area contributed by atoms with Crippen molar-refractivity contribution in [3.05, 3.63) is 0 Å². The molecule has 0 radical (unpaired) electrons. The average Bonchev–Trinajstić information content (AvgIpc) is 2.35. The fourth-order valence-electron chi connectivity index (χ4n) is 2.68. The van der Waals surface area contributed by atoms with E-state index >= 15 is 0 Å². The number of carbonyl (C=O) groups excluding carboxylic acids is 1. The molecule has 1 saturated heterocycles. The molecule has 1 fully saturated rings. The van der Waals surface area contributed by atoms with Gasteiger partial charge in [-0.25, -0.2) is 0 Å². The third-order valence-corrected chi connectivity index (χ3v) is 3.98. The van der Waals surface area contributed by atoms with Crippen LogP contribution in [0.15, 0.2) is 0 Å². The van der Waals surface area contributed by atoms with Gasteiger partial charge < -0.3 is 14.9 Å². The first-order chi connectivity index (χ1) is 8.90. The second-order valence-electron chi connectivity index (χ2n) is 5.82. The first kappa shape index (κ1) is 16.0. The van der Waals surface area contributed by atoms with Gasteiger partial charge in [-0.1, -0.05) is 6.92 Å². The number of likely N-dealkylation sites (tertiary alicyclic amines) is 1. The van der Waals surface area contributed by atoms with Gasteiger partial charge in [0.25, 0.3) is 0 Å². The molecule has 19 heavy (non-hydrogen) atoms. The Morgan fingerprint density at radius 1 is 1.42 bits per heavy atom. The van der Waals surface area contributed by atoms with Gasteiger partial charge in [0.2, 0.25) is 5.91 Å². The van der Waals surface area contributed by atoms with Crippen LogP contribution in [-0.2, 0) is 9.59 Å². The standard InChI is InChI=1S/C14H26N2O3/c1-11(9-14(18)19)12-5-4-7-16(10-12)8-6-13(17)15(2)3/h11-12H,4-10H2,1-3H3,(H,18,19). The fourth-order valence-corrected chi connectivity index (χ4v) is 2.68. The summed E-state index contributed by atoms with van der Waals surface area (Å²) in [5.41, 5.74) is 0. The number of amides is 1. The lowest BCUT2D eigenvalue weighted by Crippen LogP contribution is -2.40. The number of carbonyl (C=O) groups is 2. The Morgan fingerprint density at radius 3 is 2.68 bits per heavy atom. The zero-order valence-corrected chi connectivity index (χ0v) is 12.3. The van der Waals surface area contributed by atoms with Gasteiger partial charge in [0.15, 0.2) is 0 Å². The maximum Gasteiger partial charge on any atom is 0.303 e. The summed E-state index contributed by atoms with van der Waals surface area (Å²) in [7, 11) is 3.55. The average molecular weight is 270 g/mol. The molecule has 1 aliphatic heterocycles. The van der Waals surface area contributed by atoms with E-state index in [1.54, 1.807) is 19.0 Å². The SMILES string of the molecule is CC(CC(=O)O)C1CCCN(CCC(=O)N(C)C)C1. The predicted molar refractivity (Wildman–Crippen MR) is 73.9 cm³/mol. The Bertz CT molecular complexity index is 318. The van der Waals surface area contributed by atoms with Crippen LogP contribution >= 0.6 is 0 Å². The molecule has 5 heteroatoms. The van der Waals surface area contributed by atoms with E-state index in [2.05, 4.69) is 4.90 Å². The number of carboxylic acids is 1. The van der Waals surface area contributed by atoms with Crippen molar-refractivity contribution in [2.24, 2.45) is 11.8 Å². The number of rotatable bonds is 6. The molecule has 1 heterocycles. The molecule has 0 saturated carbocycles. The molecule has 1 amide bonds. The third-order valence-electron chi connectivity index (χ3n) is 3.98. The zero-order valence-electron chi connectivity index (χ0n) is 12.3. The third kappa shape index (κ3) is 5.59. The summed E-state index contributed by atoms with van der Waals surface area (Å²) in [5.74, 6) is 0.0947. The summed E-state index contributed by atoms with van der Waals surface area (Å²) in [6.45, 7) is 4.76. The van der Waals surface area contributed by atoms with Gasteiger partial charge in [-0.15, -0.1) is 0 Å². The molecule has 0 aromatic heterocycles. The minimum absolute atomic E-state index is 0.153. The zero-order chi connectivity index (χ0) is 14.4. The first-order valence-corrected chi connectivity index (χ1v) is 7.04. The Labute approximate surface area is 115 Å². The van der Waals surface area contributed by atoms with E-state index in [1.165, 1.54) is 0 Å². The Balaban J connectivity index is 2.37. The topological polar surface area (TPSA) is 60.9 Å². The van der Waals surface area contributed by atoms with Crippen molar-refractivity contribution in [3.63, 3.8) is 0 Å². The molecular weight excluding hydrogens is 244 g/mol. The molecule has 2 atom stereocenters. The highest BCUT2D eigenvalue weighted by molar-refractivity contribution is 5.75. The van der Waals surface area contributed by atoms with E-state index in [4.69, 9.17) is 5.11 Å². The van der Waals surface area contributed by atoms with Crippen LogP contribution in [0.2, 0.25) is 0 Å². The van der Waals surface area contributed by atoms with Gasteiger partial charge in [0, 0.05) is 40.0 Å². The molecule has 1 aliphatic rings. The highest BCUT2D eigenvalue weighted by Crippen LogP contribution is 2.26. The normalized spacial score (nSPS) is 21.9. The van der Waals surface area contributed by atoms with E-state index in [1.807, 2.05) is 6.92 Å². The second-order valence-corrected chi connectivity index (χ2v) is 5.82. The highest BCUT2D eigenvalue weighted by atomic mass is 16.4. The molecule has 5 nitrogen and oxygen atoms in total. The molecule has 110 valence electrons. The van der Waals surface area contributed by atoms with E-state index in [0.717, 1.165) is 32.5 Å². The van der Waals surface area contributed by atoms with E-state index in [-0.39, 0.29) is 18.2 Å². The Kier molecular flexibility index (Phi) is 6.28. The number of hydrogen-bond acceptors (Lipinski definition) is 3. The number of piperidine rings is 1. The summed E-state index contributed by atoms with van der Waals surface area (Å²) in [4.78, 5) is 26.2. The van der Waals surface area contributed by atoms with Gasteiger partial charge in [0.1, 0.15) is 0 Å². The number of aliphatic carboxylic acids is 1. The van der Waals surface area contributed by atoms with Crippen molar-refractivity contribution in [2.75, 3.05) is 33.7 Å². The maximum atomic E-state index is 11.6. The van der Waals surface area contributed by atoms with Gasteiger partial charge in [-0.2, -0.15) is 0 Å². The van der Waals surface area contributed by atoms with Crippen LogP contribution in [0.5, 0.6) is 0 Å². The lowest BCUT2D eigenvalue weighted by atomic mass is 9.84. The summed E-state index contributed by atoms with van der Waals surface area (Å²) in [6, 6.07) is 0. The Hall–Kier alpha value is -1.10. The molecule has 0 aliphatic carbocycles. The predicted octanol–water partition coefficient (Wildman–Crippen LogP) is 1.29. The molecule has 0 spiro atoms. The van der Waals surface area contributed by atoms with Gasteiger partial charge in [0.05, 0.1) is 0 Å². The molecular formula is C14H26N2O3. The lowest BCUT2D eigenvalue weighted by Gasteiger charge is -2.35. The van der Waals surface area contributed by atoms with Crippen molar-refractivity contribution < 1.29 is 14.7 Å². The van der Waals surface area contributed by atoms with Crippen molar-refractivity contribution >= 4 is 11.9 Å². The molecule has 0 aromatic carbocycles. The first-order valence-electron chi connectivity index (χ1n) is 7.04. The minimum atomic E-state index is -0.715. The summed E-state index contributed by atoms with van der Waals surface area (Å²) in [6.07, 6.45) is 3.00. The molecule has 1 rings (SSSR count). The summed E-state index contributed by atoms with van der Waals surface area (Å²) >= 11 is 0. The number of hydrogen-bond donors (Lipinski definition) is 1. The second kappa shape index (κ2) is 7.48. The highest BCUT2D eigenvalue weighted by Gasteiger charge is 2.26. The molecule has 1 N–H and O–H groups in total. The monoisotopic (exact) mass is 270 g/mol. The van der Waals surface area contributed by atoms with Crippen LogP contribution in [-0.4, -0.2) is 60.5 Å². The van der Waals surface area contributed by atoms with Crippen molar-refractivity contribution in [1.82, 2.24) is 9.80 Å². The van der Waals surface area contributed by atoms with Gasteiger partial charge in [-0.05, 0) is 31.2 Å². The van der Waals surface area contributed by atoms with E-state index in [0.29, 0.717) is 12.3 Å². The van der Waals surface area contributed by atoms with Crippen LogP contribution in [0.1, 0.15) is 32.6 Å². The maximum absolute atomic E-state index is 11.6. The van der Waals surface area contributed by atoms with Gasteiger partial charge >= 0.3 is 5.97 Å². The van der Waals surface area contributed by atoms with Crippen LogP contribution in [0.3, 0.4) is 0 Å².